The standard InChI is InChI=1S/C20H27N3O3S/c1-14(2)12-16-4-8-18(9-5-16)15(3)23-20(24)22-13-17-6-10-19(11-7-17)27(21,25)26/h4-11,14-15H,12-13H2,1-3H3,(H2,21,25,26)(H2,22,23,24)/t15-/m0/s1. The number of hydrogen-bond donors (Lipinski definition) is 3. The molecular weight excluding hydrogens is 362 g/mol. The van der Waals surface area contributed by atoms with Crippen molar-refractivity contribution in [3.05, 3.63) is 65.2 Å². The van der Waals surface area contributed by atoms with Crippen molar-refractivity contribution in [1.29, 1.82) is 0 Å². The summed E-state index contributed by atoms with van der Waals surface area (Å²) in [6.07, 6.45) is 1.03. The summed E-state index contributed by atoms with van der Waals surface area (Å²) < 4.78 is 22.5. The lowest BCUT2D eigenvalue weighted by molar-refractivity contribution is 0.237. The van der Waals surface area contributed by atoms with Gasteiger partial charge in [0, 0.05) is 6.54 Å². The second-order valence-corrected chi connectivity index (χ2v) is 8.64. The predicted octanol–water partition coefficient (Wildman–Crippen LogP) is 3.09. The molecule has 0 bridgehead atoms. The van der Waals surface area contributed by atoms with Crippen LogP contribution in [0.4, 0.5) is 4.79 Å². The van der Waals surface area contributed by atoms with Crippen molar-refractivity contribution >= 4 is 16.1 Å². The number of urea groups is 1. The smallest absolute Gasteiger partial charge is 0.315 e. The molecule has 0 aromatic heterocycles. The van der Waals surface area contributed by atoms with Crippen molar-refractivity contribution in [2.75, 3.05) is 0 Å². The maximum absolute atomic E-state index is 12.1. The fourth-order valence-corrected chi connectivity index (χ4v) is 3.24. The summed E-state index contributed by atoms with van der Waals surface area (Å²) in [5, 5.41) is 10.7. The van der Waals surface area contributed by atoms with Crippen molar-refractivity contribution in [3.8, 4) is 0 Å². The third-order valence-corrected chi connectivity index (χ3v) is 5.11. The van der Waals surface area contributed by atoms with E-state index in [1.807, 2.05) is 19.1 Å². The number of primary sulfonamides is 1. The number of amides is 2. The summed E-state index contributed by atoms with van der Waals surface area (Å²) >= 11 is 0. The summed E-state index contributed by atoms with van der Waals surface area (Å²) in [4.78, 5) is 12.1. The largest absolute Gasteiger partial charge is 0.334 e. The minimum absolute atomic E-state index is 0.0465. The molecule has 2 rings (SSSR count). The summed E-state index contributed by atoms with van der Waals surface area (Å²) in [6.45, 7) is 6.59. The Bertz CT molecular complexity index is 860. The highest BCUT2D eigenvalue weighted by Gasteiger charge is 2.10. The van der Waals surface area contributed by atoms with E-state index in [0.29, 0.717) is 5.92 Å². The minimum Gasteiger partial charge on any atom is -0.334 e. The van der Waals surface area contributed by atoms with E-state index < -0.39 is 10.0 Å². The summed E-state index contributed by atoms with van der Waals surface area (Å²) in [7, 11) is -3.71. The first kappa shape index (κ1) is 20.9. The van der Waals surface area contributed by atoms with Crippen LogP contribution in [0.15, 0.2) is 53.4 Å². The van der Waals surface area contributed by atoms with E-state index in [2.05, 4.69) is 36.6 Å². The van der Waals surface area contributed by atoms with Gasteiger partial charge in [-0.3, -0.25) is 0 Å². The van der Waals surface area contributed by atoms with Crippen LogP contribution in [0.1, 0.15) is 43.5 Å². The van der Waals surface area contributed by atoms with Gasteiger partial charge in [-0.05, 0) is 48.1 Å². The lowest BCUT2D eigenvalue weighted by atomic mass is 10.00. The number of carbonyl (C=O) groups excluding carboxylic acids is 1. The summed E-state index contributed by atoms with van der Waals surface area (Å²) in [5.41, 5.74) is 3.10. The molecule has 1 atom stereocenters. The van der Waals surface area contributed by atoms with Crippen LogP contribution in [0.5, 0.6) is 0 Å². The maximum atomic E-state index is 12.1. The molecule has 0 aliphatic carbocycles. The molecule has 0 aliphatic rings. The number of sulfonamides is 1. The van der Waals surface area contributed by atoms with Crippen molar-refractivity contribution in [3.63, 3.8) is 0 Å². The molecule has 4 N–H and O–H groups in total. The average Bonchev–Trinajstić information content (AvgIpc) is 2.59. The van der Waals surface area contributed by atoms with Gasteiger partial charge in [0.2, 0.25) is 10.0 Å². The molecule has 0 heterocycles. The molecule has 0 saturated carbocycles. The Balaban J connectivity index is 1.86. The fraction of sp³-hybridized carbons (Fsp3) is 0.350. The second-order valence-electron chi connectivity index (χ2n) is 7.08. The van der Waals surface area contributed by atoms with E-state index in [9.17, 15) is 13.2 Å². The van der Waals surface area contributed by atoms with E-state index in [0.717, 1.165) is 17.5 Å². The second kappa shape index (κ2) is 9.01. The van der Waals surface area contributed by atoms with Gasteiger partial charge >= 0.3 is 6.03 Å². The van der Waals surface area contributed by atoms with Crippen molar-refractivity contribution in [1.82, 2.24) is 10.6 Å². The Hall–Kier alpha value is -2.38. The molecule has 0 radical (unpaired) electrons. The number of rotatable bonds is 7. The van der Waals surface area contributed by atoms with Gasteiger partial charge in [-0.1, -0.05) is 50.2 Å². The van der Waals surface area contributed by atoms with Crippen LogP contribution in [0.3, 0.4) is 0 Å². The van der Waals surface area contributed by atoms with Gasteiger partial charge in [-0.15, -0.1) is 0 Å². The zero-order valence-corrected chi connectivity index (χ0v) is 16.7. The highest BCUT2D eigenvalue weighted by molar-refractivity contribution is 7.89. The maximum Gasteiger partial charge on any atom is 0.315 e. The Morgan fingerprint density at radius 1 is 0.963 bits per heavy atom. The van der Waals surface area contributed by atoms with E-state index in [-0.39, 0.29) is 23.5 Å². The number of nitrogens with two attached hydrogens (primary N) is 1. The van der Waals surface area contributed by atoms with E-state index in [4.69, 9.17) is 5.14 Å². The average molecular weight is 390 g/mol. The molecule has 2 aromatic rings. The van der Waals surface area contributed by atoms with Crippen LogP contribution < -0.4 is 15.8 Å². The van der Waals surface area contributed by atoms with Gasteiger partial charge < -0.3 is 10.6 Å². The number of hydrogen-bond acceptors (Lipinski definition) is 3. The van der Waals surface area contributed by atoms with Crippen molar-refractivity contribution in [2.45, 2.75) is 44.7 Å². The first-order valence-electron chi connectivity index (χ1n) is 8.90. The lowest BCUT2D eigenvalue weighted by Gasteiger charge is -2.16. The van der Waals surface area contributed by atoms with Gasteiger partial charge in [0.1, 0.15) is 0 Å². The monoisotopic (exact) mass is 389 g/mol. The fourth-order valence-electron chi connectivity index (χ4n) is 2.72. The van der Waals surface area contributed by atoms with Crippen LogP contribution in [0.25, 0.3) is 0 Å². The number of nitrogens with one attached hydrogen (secondary N) is 2. The Morgan fingerprint density at radius 3 is 2.04 bits per heavy atom. The van der Waals surface area contributed by atoms with Crippen LogP contribution in [-0.4, -0.2) is 14.4 Å². The zero-order chi connectivity index (χ0) is 20.0. The summed E-state index contributed by atoms with van der Waals surface area (Å²) in [6, 6.07) is 13.9. The third kappa shape index (κ3) is 6.69. The summed E-state index contributed by atoms with van der Waals surface area (Å²) in [5.74, 6) is 0.608. The van der Waals surface area contributed by atoms with E-state index >= 15 is 0 Å². The first-order valence-corrected chi connectivity index (χ1v) is 10.4. The van der Waals surface area contributed by atoms with Gasteiger partial charge in [0.25, 0.3) is 0 Å². The molecule has 146 valence electrons. The Labute approximate surface area is 161 Å². The molecule has 27 heavy (non-hydrogen) atoms. The zero-order valence-electron chi connectivity index (χ0n) is 15.9. The van der Waals surface area contributed by atoms with Crippen LogP contribution in [-0.2, 0) is 23.0 Å². The molecule has 0 fully saturated rings. The molecule has 2 aromatic carbocycles. The predicted molar refractivity (Wildman–Crippen MR) is 107 cm³/mol. The SMILES string of the molecule is CC(C)Cc1ccc([C@H](C)NC(=O)NCc2ccc(S(N)(=O)=O)cc2)cc1. The molecular formula is C20H27N3O3S. The van der Waals surface area contributed by atoms with Gasteiger partial charge in [-0.25, -0.2) is 18.4 Å². The van der Waals surface area contributed by atoms with Crippen molar-refractivity contribution < 1.29 is 13.2 Å². The van der Waals surface area contributed by atoms with E-state index in [1.165, 1.54) is 17.7 Å². The molecule has 6 nitrogen and oxygen atoms in total. The number of carbonyl (C=O) groups is 1. The third-order valence-electron chi connectivity index (χ3n) is 4.18. The van der Waals surface area contributed by atoms with E-state index in [1.54, 1.807) is 12.1 Å². The normalized spacial score (nSPS) is 12.6. The van der Waals surface area contributed by atoms with Crippen molar-refractivity contribution in [2.24, 2.45) is 11.1 Å². The highest BCUT2D eigenvalue weighted by Crippen LogP contribution is 2.15. The Kier molecular flexibility index (Phi) is 6.98. The van der Waals surface area contributed by atoms with Gasteiger partial charge in [0.15, 0.2) is 0 Å². The van der Waals surface area contributed by atoms with Gasteiger partial charge in [-0.2, -0.15) is 0 Å². The molecule has 0 unspecified atom stereocenters. The quantitative estimate of drug-likeness (QED) is 0.678. The lowest BCUT2D eigenvalue weighted by Crippen LogP contribution is -2.36. The minimum atomic E-state index is -3.71. The molecule has 0 saturated heterocycles. The first-order chi connectivity index (χ1) is 12.6. The molecule has 7 heteroatoms. The van der Waals surface area contributed by atoms with Crippen LogP contribution in [0.2, 0.25) is 0 Å². The Morgan fingerprint density at radius 2 is 1.52 bits per heavy atom. The van der Waals surface area contributed by atoms with Crippen LogP contribution in [0, 0.1) is 5.92 Å². The molecule has 0 spiro atoms. The highest BCUT2D eigenvalue weighted by atomic mass is 32.2. The topological polar surface area (TPSA) is 101 Å². The van der Waals surface area contributed by atoms with Gasteiger partial charge in [0.05, 0.1) is 10.9 Å². The molecule has 2 amide bonds. The number of benzene rings is 2. The molecule has 0 aliphatic heterocycles. The van der Waals surface area contributed by atoms with Crippen LogP contribution >= 0.6 is 0 Å².